The number of alkyl halides is 1. The van der Waals surface area contributed by atoms with Crippen LogP contribution in [0.15, 0.2) is 6.07 Å². The van der Waals surface area contributed by atoms with Crippen LogP contribution in [0.5, 0.6) is 0 Å². The second kappa shape index (κ2) is 4.63. The highest BCUT2D eigenvalue weighted by Crippen LogP contribution is 2.23. The first kappa shape index (κ1) is 12.7. The Kier molecular flexibility index (Phi) is 3.67. The second-order valence-electron chi connectivity index (χ2n) is 4.28. The van der Waals surface area contributed by atoms with E-state index in [1.165, 1.54) is 4.68 Å². The van der Waals surface area contributed by atoms with Gasteiger partial charge in [0.05, 0.1) is 12.3 Å². The van der Waals surface area contributed by atoms with Crippen molar-refractivity contribution in [3.63, 3.8) is 0 Å². The summed E-state index contributed by atoms with van der Waals surface area (Å²) in [6.45, 7) is 5.01. The molecule has 0 unspecified atom stereocenters. The summed E-state index contributed by atoms with van der Waals surface area (Å²) in [5.41, 5.74) is 0.224. The molecule has 0 fully saturated rings. The van der Waals surface area contributed by atoms with Gasteiger partial charge >= 0.3 is 5.97 Å². The summed E-state index contributed by atoms with van der Waals surface area (Å²) < 4.78 is 19.1. The minimum atomic E-state index is -0.678. The third-order valence-electron chi connectivity index (χ3n) is 2.39. The number of carbonyl (C=O) groups excluding carboxylic acids is 1. The van der Waals surface area contributed by atoms with Gasteiger partial charge in [-0.25, -0.2) is 4.79 Å². The van der Waals surface area contributed by atoms with Gasteiger partial charge in [-0.2, -0.15) is 5.10 Å². The molecule has 0 aliphatic carbocycles. The van der Waals surface area contributed by atoms with E-state index in [1.807, 2.05) is 0 Å². The fraction of sp³-hybridized carbons (Fsp3) is 0.636. The van der Waals surface area contributed by atoms with Gasteiger partial charge in [-0.3, -0.25) is 9.07 Å². The van der Waals surface area contributed by atoms with Crippen molar-refractivity contribution in [2.24, 2.45) is 7.05 Å². The third kappa shape index (κ3) is 2.40. The van der Waals surface area contributed by atoms with E-state index in [4.69, 9.17) is 4.74 Å². The van der Waals surface area contributed by atoms with Crippen molar-refractivity contribution in [1.29, 1.82) is 0 Å². The van der Waals surface area contributed by atoms with Crippen molar-refractivity contribution in [3.05, 3.63) is 17.5 Å². The Morgan fingerprint density at radius 1 is 1.62 bits per heavy atom. The number of aryl methyl sites for hydroxylation is 1. The van der Waals surface area contributed by atoms with Gasteiger partial charge in [0.1, 0.15) is 12.4 Å². The number of aromatic nitrogens is 2. The smallest absolute Gasteiger partial charge is 0.356 e. The number of ether oxygens (including phenoxy) is 1. The maximum absolute atomic E-state index is 12.8. The number of carbonyl (C=O) groups is 1. The molecule has 0 saturated carbocycles. The van der Waals surface area contributed by atoms with Crippen molar-refractivity contribution >= 4 is 5.97 Å². The summed E-state index contributed by atoms with van der Waals surface area (Å²) in [7, 11) is 1.64. The lowest BCUT2D eigenvalue weighted by Crippen LogP contribution is -2.20. The van der Waals surface area contributed by atoms with E-state index in [2.05, 4.69) is 5.10 Å². The molecular formula is C11H17FN2O2. The summed E-state index contributed by atoms with van der Waals surface area (Å²) in [5.74, 6) is -0.432. The Balaban J connectivity index is 3.03. The fourth-order valence-electron chi connectivity index (χ4n) is 1.26. The van der Waals surface area contributed by atoms with Gasteiger partial charge in [0.25, 0.3) is 0 Å². The van der Waals surface area contributed by atoms with E-state index in [0.717, 1.165) is 0 Å². The Labute approximate surface area is 94.4 Å². The molecule has 1 aromatic heterocycles. The molecule has 16 heavy (non-hydrogen) atoms. The van der Waals surface area contributed by atoms with Crippen molar-refractivity contribution in [3.8, 4) is 0 Å². The average molecular weight is 228 g/mol. The van der Waals surface area contributed by atoms with Crippen LogP contribution in [-0.4, -0.2) is 29.0 Å². The molecule has 0 N–H and O–H groups in total. The van der Waals surface area contributed by atoms with Gasteiger partial charge in [-0.15, -0.1) is 0 Å². The lowest BCUT2D eigenvalue weighted by atomic mass is 9.91. The van der Waals surface area contributed by atoms with Gasteiger partial charge in [-0.05, 0) is 13.0 Å². The number of halogens is 1. The van der Waals surface area contributed by atoms with E-state index in [1.54, 1.807) is 33.9 Å². The highest BCUT2D eigenvalue weighted by molar-refractivity contribution is 5.87. The summed E-state index contributed by atoms with van der Waals surface area (Å²) in [4.78, 5) is 11.5. The van der Waals surface area contributed by atoms with Crippen LogP contribution in [0.4, 0.5) is 4.39 Å². The molecule has 5 heteroatoms. The summed E-state index contributed by atoms with van der Waals surface area (Å²) >= 11 is 0. The molecule has 1 aromatic rings. The zero-order chi connectivity index (χ0) is 12.3. The van der Waals surface area contributed by atoms with Crippen LogP contribution in [0.2, 0.25) is 0 Å². The number of rotatable bonds is 4. The van der Waals surface area contributed by atoms with Crippen LogP contribution >= 0.6 is 0 Å². The minimum absolute atomic E-state index is 0.311. The summed E-state index contributed by atoms with van der Waals surface area (Å²) in [6, 6.07) is 1.58. The Morgan fingerprint density at radius 3 is 2.75 bits per heavy atom. The monoisotopic (exact) mass is 228 g/mol. The molecule has 0 spiro atoms. The molecule has 1 heterocycles. The lowest BCUT2D eigenvalue weighted by Gasteiger charge is -2.16. The van der Waals surface area contributed by atoms with Crippen LogP contribution in [0, 0.1) is 0 Å². The molecule has 90 valence electrons. The normalized spacial score (nSPS) is 11.6. The minimum Gasteiger partial charge on any atom is -0.461 e. The second-order valence-corrected chi connectivity index (χ2v) is 4.28. The van der Waals surface area contributed by atoms with Gasteiger partial charge in [0.15, 0.2) is 0 Å². The van der Waals surface area contributed by atoms with Crippen LogP contribution in [-0.2, 0) is 17.2 Å². The maximum Gasteiger partial charge on any atom is 0.356 e. The highest BCUT2D eigenvalue weighted by atomic mass is 19.1. The van der Waals surface area contributed by atoms with E-state index in [9.17, 15) is 9.18 Å². The standard InChI is InChI=1S/C11H17FN2O2/c1-5-16-10(15)8-6-9(13-14(8)4)11(2,3)7-12/h6H,5,7H2,1-4H3. The third-order valence-corrected chi connectivity index (χ3v) is 2.39. The Bertz CT molecular complexity index is 385. The maximum atomic E-state index is 12.8. The van der Waals surface area contributed by atoms with Gasteiger partial charge in [-0.1, -0.05) is 13.8 Å². The lowest BCUT2D eigenvalue weighted by molar-refractivity contribution is 0.0513. The van der Waals surface area contributed by atoms with Crippen LogP contribution < -0.4 is 0 Å². The molecule has 0 aliphatic heterocycles. The van der Waals surface area contributed by atoms with Gasteiger partial charge < -0.3 is 4.74 Å². The molecule has 0 aromatic carbocycles. The van der Waals surface area contributed by atoms with Crippen LogP contribution in [0.25, 0.3) is 0 Å². The Hall–Kier alpha value is -1.39. The van der Waals surface area contributed by atoms with Crippen molar-refractivity contribution in [2.45, 2.75) is 26.2 Å². The number of hydrogen-bond donors (Lipinski definition) is 0. The molecule has 0 aliphatic rings. The molecule has 0 radical (unpaired) electrons. The Morgan fingerprint density at radius 2 is 2.25 bits per heavy atom. The van der Waals surface area contributed by atoms with Crippen molar-refractivity contribution in [1.82, 2.24) is 9.78 Å². The molecule has 4 nitrogen and oxygen atoms in total. The SMILES string of the molecule is CCOC(=O)c1cc(C(C)(C)CF)nn1C. The quantitative estimate of drug-likeness (QED) is 0.739. The van der Waals surface area contributed by atoms with Crippen molar-refractivity contribution < 1.29 is 13.9 Å². The first-order valence-corrected chi connectivity index (χ1v) is 5.20. The molecule has 0 atom stereocenters. The van der Waals surface area contributed by atoms with Crippen LogP contribution in [0.1, 0.15) is 37.0 Å². The first-order chi connectivity index (χ1) is 7.42. The molecule has 0 bridgehead atoms. The average Bonchev–Trinajstić information content (AvgIpc) is 2.61. The van der Waals surface area contributed by atoms with Gasteiger partial charge in [0, 0.05) is 12.5 Å². The molecule has 0 amide bonds. The zero-order valence-corrected chi connectivity index (χ0v) is 10.1. The summed E-state index contributed by atoms with van der Waals surface area (Å²) in [6.07, 6.45) is 0. The van der Waals surface area contributed by atoms with E-state index < -0.39 is 18.1 Å². The number of nitrogens with zero attached hydrogens (tertiary/aromatic N) is 2. The van der Waals surface area contributed by atoms with Crippen molar-refractivity contribution in [2.75, 3.05) is 13.3 Å². The highest BCUT2D eigenvalue weighted by Gasteiger charge is 2.26. The molecule has 0 saturated heterocycles. The predicted octanol–water partition coefficient (Wildman–Crippen LogP) is 1.84. The topological polar surface area (TPSA) is 44.1 Å². The summed E-state index contributed by atoms with van der Waals surface area (Å²) in [5, 5.41) is 4.13. The predicted molar refractivity (Wildman–Crippen MR) is 58.2 cm³/mol. The fourth-order valence-corrected chi connectivity index (χ4v) is 1.26. The number of esters is 1. The van der Waals surface area contributed by atoms with E-state index in [0.29, 0.717) is 18.0 Å². The first-order valence-electron chi connectivity index (χ1n) is 5.20. The van der Waals surface area contributed by atoms with E-state index in [-0.39, 0.29) is 0 Å². The zero-order valence-electron chi connectivity index (χ0n) is 10.1. The molecular weight excluding hydrogens is 211 g/mol. The van der Waals surface area contributed by atoms with E-state index >= 15 is 0 Å². The largest absolute Gasteiger partial charge is 0.461 e. The number of hydrogen-bond acceptors (Lipinski definition) is 3. The van der Waals surface area contributed by atoms with Gasteiger partial charge in [0.2, 0.25) is 0 Å². The van der Waals surface area contributed by atoms with Crippen LogP contribution in [0.3, 0.4) is 0 Å². The molecule has 1 rings (SSSR count).